The van der Waals surface area contributed by atoms with Crippen LogP contribution in [0.1, 0.15) is 39.0 Å². The van der Waals surface area contributed by atoms with Gasteiger partial charge < -0.3 is 14.8 Å². The predicted octanol–water partition coefficient (Wildman–Crippen LogP) is 3.38. The molecule has 1 atom stereocenters. The largest absolute Gasteiger partial charge is 0.493 e. The molecule has 0 bridgehead atoms. The number of non-ortho nitro benzene ring substituents is 1. The van der Waals surface area contributed by atoms with Crippen LogP contribution in [0, 0.1) is 10.1 Å². The maximum atomic E-state index is 12.2. The lowest BCUT2D eigenvalue weighted by atomic mass is 9.97. The number of hydrogen-bond acceptors (Lipinski definition) is 5. The van der Waals surface area contributed by atoms with E-state index >= 15 is 0 Å². The van der Waals surface area contributed by atoms with Gasteiger partial charge in [-0.15, -0.1) is 0 Å². The van der Waals surface area contributed by atoms with Crippen LogP contribution < -0.4 is 14.8 Å². The van der Waals surface area contributed by atoms with Crippen molar-refractivity contribution in [1.82, 2.24) is 5.32 Å². The van der Waals surface area contributed by atoms with Gasteiger partial charge in [0.05, 0.1) is 18.1 Å². The van der Waals surface area contributed by atoms with E-state index in [1.165, 1.54) is 43.7 Å². The molecule has 1 aromatic rings. The zero-order chi connectivity index (χ0) is 18.2. The molecule has 25 heavy (non-hydrogen) atoms. The molecule has 0 aliphatic heterocycles. The quantitative estimate of drug-likeness (QED) is 0.442. The fourth-order valence-electron chi connectivity index (χ4n) is 2.74. The number of amides is 1. The van der Waals surface area contributed by atoms with Crippen LogP contribution in [0.5, 0.6) is 11.5 Å². The molecule has 0 spiro atoms. The number of allylic oxidation sites excluding steroid dienone is 1. The minimum Gasteiger partial charge on any atom is -0.493 e. The molecule has 1 N–H and O–H groups in total. The highest BCUT2D eigenvalue weighted by Crippen LogP contribution is 2.31. The van der Waals surface area contributed by atoms with Gasteiger partial charge in [0.2, 0.25) is 0 Å². The number of nitro groups is 1. The monoisotopic (exact) mass is 348 g/mol. The van der Waals surface area contributed by atoms with Crippen molar-refractivity contribution in [2.45, 2.75) is 45.1 Å². The summed E-state index contributed by atoms with van der Waals surface area (Å²) in [4.78, 5) is 22.5. The standard InChI is InChI=1S/C18H24N2O5/c1-13(18(21)19-11-10-14-6-4-3-5-7-14)25-17-12-15(20(22)23)8-9-16(17)24-2/h6,8-9,12-13H,3-5,7,10-11H2,1-2H3,(H,19,21)/t13-/m0/s1. The van der Waals surface area contributed by atoms with E-state index in [2.05, 4.69) is 11.4 Å². The fourth-order valence-corrected chi connectivity index (χ4v) is 2.74. The van der Waals surface area contributed by atoms with E-state index in [4.69, 9.17) is 9.47 Å². The van der Waals surface area contributed by atoms with E-state index in [-0.39, 0.29) is 17.3 Å². The molecule has 0 heterocycles. The van der Waals surface area contributed by atoms with Gasteiger partial charge in [-0.2, -0.15) is 0 Å². The summed E-state index contributed by atoms with van der Waals surface area (Å²) in [6.45, 7) is 2.16. The van der Waals surface area contributed by atoms with Crippen molar-refractivity contribution in [2.24, 2.45) is 0 Å². The maximum Gasteiger partial charge on any atom is 0.273 e. The SMILES string of the molecule is COc1ccc([N+](=O)[O-])cc1O[C@@H](C)C(=O)NCCC1=CCCCC1. The highest BCUT2D eigenvalue weighted by Gasteiger charge is 2.19. The summed E-state index contributed by atoms with van der Waals surface area (Å²) >= 11 is 0. The third-order valence-corrected chi connectivity index (χ3v) is 4.16. The van der Waals surface area contributed by atoms with Crippen LogP contribution in [-0.2, 0) is 4.79 Å². The molecule has 0 saturated carbocycles. The molecule has 0 radical (unpaired) electrons. The van der Waals surface area contributed by atoms with Crippen molar-refractivity contribution in [3.8, 4) is 11.5 Å². The molecular formula is C18H24N2O5. The predicted molar refractivity (Wildman–Crippen MR) is 93.9 cm³/mol. The lowest BCUT2D eigenvalue weighted by molar-refractivity contribution is -0.385. The zero-order valence-electron chi connectivity index (χ0n) is 14.6. The Balaban J connectivity index is 1.90. The first-order chi connectivity index (χ1) is 12.0. The van der Waals surface area contributed by atoms with Crippen LogP contribution in [0.15, 0.2) is 29.8 Å². The maximum absolute atomic E-state index is 12.2. The summed E-state index contributed by atoms with van der Waals surface area (Å²) in [5, 5.41) is 13.7. The van der Waals surface area contributed by atoms with Crippen LogP contribution in [-0.4, -0.2) is 30.6 Å². The number of hydrogen-bond donors (Lipinski definition) is 1. The Morgan fingerprint density at radius 3 is 2.80 bits per heavy atom. The number of benzene rings is 1. The van der Waals surface area contributed by atoms with E-state index in [9.17, 15) is 14.9 Å². The first-order valence-corrected chi connectivity index (χ1v) is 8.46. The van der Waals surface area contributed by atoms with E-state index in [0.717, 1.165) is 19.3 Å². The summed E-state index contributed by atoms with van der Waals surface area (Å²) < 4.78 is 10.7. The minimum absolute atomic E-state index is 0.118. The summed E-state index contributed by atoms with van der Waals surface area (Å²) in [5.41, 5.74) is 1.27. The average Bonchev–Trinajstić information content (AvgIpc) is 2.62. The second-order valence-corrected chi connectivity index (χ2v) is 6.00. The molecule has 1 aliphatic rings. The Morgan fingerprint density at radius 2 is 2.16 bits per heavy atom. The molecule has 2 rings (SSSR count). The summed E-state index contributed by atoms with van der Waals surface area (Å²) in [5.74, 6) is 0.261. The van der Waals surface area contributed by atoms with Gasteiger partial charge in [-0.3, -0.25) is 14.9 Å². The third-order valence-electron chi connectivity index (χ3n) is 4.16. The zero-order valence-corrected chi connectivity index (χ0v) is 14.6. The number of methoxy groups -OCH3 is 1. The number of nitro benzene ring substituents is 1. The van der Waals surface area contributed by atoms with Gasteiger partial charge in [-0.1, -0.05) is 11.6 Å². The van der Waals surface area contributed by atoms with Crippen molar-refractivity contribution in [1.29, 1.82) is 0 Å². The number of ether oxygens (including phenoxy) is 2. The first kappa shape index (κ1) is 18.8. The van der Waals surface area contributed by atoms with Crippen LogP contribution in [0.2, 0.25) is 0 Å². The van der Waals surface area contributed by atoms with Gasteiger partial charge >= 0.3 is 0 Å². The lowest BCUT2D eigenvalue weighted by Gasteiger charge is -2.17. The van der Waals surface area contributed by atoms with Gasteiger partial charge in [-0.05, 0) is 45.1 Å². The van der Waals surface area contributed by atoms with Crippen LogP contribution in [0.3, 0.4) is 0 Å². The topological polar surface area (TPSA) is 90.7 Å². The minimum atomic E-state index is -0.781. The highest BCUT2D eigenvalue weighted by molar-refractivity contribution is 5.80. The van der Waals surface area contributed by atoms with E-state index in [0.29, 0.717) is 12.3 Å². The molecule has 0 unspecified atom stereocenters. The Bertz CT molecular complexity index is 657. The molecule has 0 fully saturated rings. The Morgan fingerprint density at radius 1 is 1.36 bits per heavy atom. The second kappa shape index (κ2) is 9.05. The molecule has 1 aliphatic carbocycles. The number of nitrogens with one attached hydrogen (secondary N) is 1. The smallest absolute Gasteiger partial charge is 0.273 e. The van der Waals surface area contributed by atoms with Gasteiger partial charge in [0.15, 0.2) is 17.6 Å². The lowest BCUT2D eigenvalue weighted by Crippen LogP contribution is -2.37. The second-order valence-electron chi connectivity index (χ2n) is 6.00. The van der Waals surface area contributed by atoms with Gasteiger partial charge in [0, 0.05) is 12.6 Å². The van der Waals surface area contributed by atoms with Crippen molar-refractivity contribution < 1.29 is 19.2 Å². The molecule has 1 amide bonds. The Hall–Kier alpha value is -2.57. The van der Waals surface area contributed by atoms with Gasteiger partial charge in [-0.25, -0.2) is 0 Å². The van der Waals surface area contributed by atoms with Gasteiger partial charge in [0.25, 0.3) is 11.6 Å². The van der Waals surface area contributed by atoms with Crippen LogP contribution >= 0.6 is 0 Å². The molecule has 0 saturated heterocycles. The Kier molecular flexibility index (Phi) is 6.80. The van der Waals surface area contributed by atoms with E-state index in [1.54, 1.807) is 6.92 Å². The molecule has 7 nitrogen and oxygen atoms in total. The van der Waals surface area contributed by atoms with Crippen molar-refractivity contribution in [3.05, 3.63) is 40.0 Å². The molecule has 136 valence electrons. The van der Waals surface area contributed by atoms with Crippen molar-refractivity contribution in [3.63, 3.8) is 0 Å². The summed E-state index contributed by atoms with van der Waals surface area (Å²) in [6, 6.07) is 4.04. The number of nitrogens with zero attached hydrogens (tertiary/aromatic N) is 1. The number of carbonyl (C=O) groups excluding carboxylic acids is 1. The van der Waals surface area contributed by atoms with E-state index < -0.39 is 11.0 Å². The first-order valence-electron chi connectivity index (χ1n) is 8.46. The Labute approximate surface area is 147 Å². The fraction of sp³-hybridized carbons (Fsp3) is 0.500. The molecule has 1 aromatic carbocycles. The molecule has 0 aromatic heterocycles. The number of rotatable bonds is 8. The summed E-state index contributed by atoms with van der Waals surface area (Å²) in [7, 11) is 1.44. The summed E-state index contributed by atoms with van der Waals surface area (Å²) in [6.07, 6.45) is 7.00. The number of carbonyl (C=O) groups is 1. The highest BCUT2D eigenvalue weighted by atomic mass is 16.6. The van der Waals surface area contributed by atoms with Crippen LogP contribution in [0.25, 0.3) is 0 Å². The molecule has 7 heteroatoms. The van der Waals surface area contributed by atoms with Crippen LogP contribution in [0.4, 0.5) is 5.69 Å². The van der Waals surface area contributed by atoms with E-state index in [1.807, 2.05) is 0 Å². The van der Waals surface area contributed by atoms with Crippen molar-refractivity contribution in [2.75, 3.05) is 13.7 Å². The average molecular weight is 348 g/mol. The molecular weight excluding hydrogens is 324 g/mol. The normalized spacial score (nSPS) is 15.0. The third kappa shape index (κ3) is 5.48. The van der Waals surface area contributed by atoms with Gasteiger partial charge in [0.1, 0.15) is 0 Å². The van der Waals surface area contributed by atoms with Crippen molar-refractivity contribution >= 4 is 11.6 Å².